The Bertz CT molecular complexity index is 726. The summed E-state index contributed by atoms with van der Waals surface area (Å²) in [6.07, 6.45) is 3.01. The van der Waals surface area contributed by atoms with Crippen LogP contribution in [0.1, 0.15) is 12.0 Å². The first-order chi connectivity index (χ1) is 10.8. The summed E-state index contributed by atoms with van der Waals surface area (Å²) in [5.74, 6) is 2.21. The van der Waals surface area contributed by atoms with Crippen molar-refractivity contribution in [2.24, 2.45) is 0 Å². The normalized spacial score (nSPS) is 15.1. The van der Waals surface area contributed by atoms with Crippen LogP contribution in [0.25, 0.3) is 0 Å². The van der Waals surface area contributed by atoms with Crippen molar-refractivity contribution in [1.29, 1.82) is 0 Å². The van der Waals surface area contributed by atoms with Gasteiger partial charge in [-0.3, -0.25) is 4.79 Å². The van der Waals surface area contributed by atoms with Crippen LogP contribution in [0, 0.1) is 0 Å². The van der Waals surface area contributed by atoms with Crippen LogP contribution >= 0.6 is 0 Å². The van der Waals surface area contributed by atoms with E-state index in [-0.39, 0.29) is 19.1 Å². The zero-order chi connectivity index (χ0) is 14.9. The minimum absolute atomic E-state index is 0.0814. The second-order valence-electron chi connectivity index (χ2n) is 5.32. The second kappa shape index (κ2) is 5.25. The summed E-state index contributed by atoms with van der Waals surface area (Å²) in [5.41, 5.74) is 1.61. The number of hydrogen-bond donors (Lipinski definition) is 2. The van der Waals surface area contributed by atoms with E-state index in [0.29, 0.717) is 5.75 Å². The van der Waals surface area contributed by atoms with Gasteiger partial charge in [0.15, 0.2) is 11.5 Å². The summed E-state index contributed by atoms with van der Waals surface area (Å²) in [7, 11) is 0. The molecule has 0 saturated heterocycles. The average molecular weight is 300 g/mol. The highest BCUT2D eigenvalue weighted by Gasteiger charge is 2.17. The Kier molecular flexibility index (Phi) is 3.10. The lowest BCUT2D eigenvalue weighted by Crippen LogP contribution is -2.20. The van der Waals surface area contributed by atoms with Crippen LogP contribution in [0.15, 0.2) is 24.4 Å². The molecule has 1 aromatic carbocycles. The van der Waals surface area contributed by atoms with Gasteiger partial charge in [-0.1, -0.05) is 6.07 Å². The fourth-order valence-electron chi connectivity index (χ4n) is 2.70. The molecule has 0 unspecified atom stereocenters. The maximum absolute atomic E-state index is 12.2. The van der Waals surface area contributed by atoms with Crippen molar-refractivity contribution in [2.75, 3.05) is 24.0 Å². The summed E-state index contributed by atoms with van der Waals surface area (Å²) >= 11 is 0. The lowest BCUT2D eigenvalue weighted by Gasteiger charge is -2.17. The Hall–Kier alpha value is -2.70. The van der Waals surface area contributed by atoms with E-state index >= 15 is 0 Å². The number of amides is 1. The molecule has 0 atom stereocenters. The van der Waals surface area contributed by atoms with Gasteiger partial charge in [-0.15, -0.1) is 0 Å². The van der Waals surface area contributed by atoms with Gasteiger partial charge in [0.1, 0.15) is 11.5 Å². The Balaban J connectivity index is 1.45. The monoisotopic (exact) mass is 300 g/mol. The molecule has 2 aromatic rings. The van der Waals surface area contributed by atoms with E-state index in [4.69, 9.17) is 9.47 Å². The van der Waals surface area contributed by atoms with Gasteiger partial charge in [-0.2, -0.15) is 5.10 Å². The Morgan fingerprint density at radius 2 is 2.27 bits per heavy atom. The van der Waals surface area contributed by atoms with Gasteiger partial charge in [0, 0.05) is 13.1 Å². The number of aryl methyl sites for hydroxylation is 1. The molecule has 22 heavy (non-hydrogen) atoms. The minimum Gasteiger partial charge on any atom is -0.454 e. The molecule has 0 bridgehead atoms. The lowest BCUT2D eigenvalue weighted by molar-refractivity contribution is -0.115. The number of nitrogens with zero attached hydrogens (tertiary/aromatic N) is 2. The molecule has 114 valence electrons. The molecule has 0 radical (unpaired) electrons. The molecule has 4 rings (SSSR count). The smallest absolute Gasteiger partial charge is 0.231 e. The van der Waals surface area contributed by atoms with E-state index in [1.807, 2.05) is 22.9 Å². The second-order valence-corrected chi connectivity index (χ2v) is 5.32. The van der Waals surface area contributed by atoms with E-state index in [0.717, 1.165) is 42.3 Å². The number of rotatable bonds is 3. The van der Waals surface area contributed by atoms with Crippen molar-refractivity contribution in [3.63, 3.8) is 0 Å². The molecule has 2 aliphatic rings. The fourth-order valence-corrected chi connectivity index (χ4v) is 2.70. The predicted molar refractivity (Wildman–Crippen MR) is 80.2 cm³/mol. The van der Waals surface area contributed by atoms with Crippen molar-refractivity contribution in [1.82, 2.24) is 9.78 Å². The largest absolute Gasteiger partial charge is 0.454 e. The van der Waals surface area contributed by atoms with Gasteiger partial charge in [0.05, 0.1) is 12.6 Å². The highest BCUT2D eigenvalue weighted by atomic mass is 16.7. The molecule has 0 fully saturated rings. The van der Waals surface area contributed by atoms with Gasteiger partial charge >= 0.3 is 0 Å². The maximum Gasteiger partial charge on any atom is 0.231 e. The predicted octanol–water partition coefficient (Wildman–Crippen LogP) is 1.61. The first kappa shape index (κ1) is 13.0. The van der Waals surface area contributed by atoms with Crippen LogP contribution in [0.5, 0.6) is 11.5 Å². The molecule has 7 heteroatoms. The molecular weight excluding hydrogens is 284 g/mol. The third kappa shape index (κ3) is 2.34. The van der Waals surface area contributed by atoms with Crippen LogP contribution in [0.2, 0.25) is 0 Å². The van der Waals surface area contributed by atoms with Crippen LogP contribution in [0.4, 0.5) is 11.5 Å². The lowest BCUT2D eigenvalue weighted by atomic mass is 10.1. The highest BCUT2D eigenvalue weighted by molar-refractivity contribution is 5.94. The molecule has 1 aromatic heterocycles. The number of benzene rings is 1. The number of anilines is 2. The van der Waals surface area contributed by atoms with Crippen LogP contribution < -0.4 is 20.1 Å². The van der Waals surface area contributed by atoms with Crippen molar-refractivity contribution in [3.8, 4) is 11.5 Å². The summed E-state index contributed by atoms with van der Waals surface area (Å²) in [4.78, 5) is 12.2. The minimum atomic E-state index is -0.0814. The van der Waals surface area contributed by atoms with E-state index in [1.165, 1.54) is 0 Å². The molecule has 1 amide bonds. The van der Waals surface area contributed by atoms with Gasteiger partial charge in [-0.25, -0.2) is 4.68 Å². The first-order valence-corrected chi connectivity index (χ1v) is 7.28. The zero-order valence-electron chi connectivity index (χ0n) is 12.0. The molecule has 0 saturated carbocycles. The third-order valence-corrected chi connectivity index (χ3v) is 3.75. The number of hydrogen-bond acceptors (Lipinski definition) is 5. The Morgan fingerprint density at radius 1 is 1.36 bits per heavy atom. The van der Waals surface area contributed by atoms with Gasteiger partial charge in [0.2, 0.25) is 12.7 Å². The Morgan fingerprint density at radius 3 is 3.23 bits per heavy atom. The number of nitrogens with one attached hydrogen (secondary N) is 2. The fraction of sp³-hybridized carbons (Fsp3) is 0.333. The number of ether oxygens (including phenoxy) is 2. The van der Waals surface area contributed by atoms with Crippen molar-refractivity contribution < 1.29 is 14.3 Å². The molecule has 0 spiro atoms. The van der Waals surface area contributed by atoms with Crippen molar-refractivity contribution in [2.45, 2.75) is 19.4 Å². The number of carbonyl (C=O) groups excluding carboxylic acids is 1. The Labute approximate surface area is 127 Å². The topological polar surface area (TPSA) is 77.4 Å². The average Bonchev–Trinajstić information content (AvgIpc) is 3.14. The van der Waals surface area contributed by atoms with Crippen LogP contribution in [-0.2, 0) is 17.8 Å². The molecule has 3 heterocycles. The quantitative estimate of drug-likeness (QED) is 0.900. The molecule has 2 aliphatic heterocycles. The maximum atomic E-state index is 12.2. The van der Waals surface area contributed by atoms with Gasteiger partial charge in [-0.05, 0) is 24.1 Å². The SMILES string of the molecule is O=C(Cc1ccc2c(c1)OCO2)Nc1cnn2c1NCCC2. The number of aromatic nitrogens is 2. The number of carbonyl (C=O) groups is 1. The van der Waals surface area contributed by atoms with Gasteiger partial charge in [0.25, 0.3) is 0 Å². The van der Waals surface area contributed by atoms with Crippen molar-refractivity contribution in [3.05, 3.63) is 30.0 Å². The van der Waals surface area contributed by atoms with Crippen molar-refractivity contribution >= 4 is 17.4 Å². The van der Waals surface area contributed by atoms with E-state index < -0.39 is 0 Å². The molecule has 7 nitrogen and oxygen atoms in total. The highest BCUT2D eigenvalue weighted by Crippen LogP contribution is 2.32. The van der Waals surface area contributed by atoms with Crippen LogP contribution in [0.3, 0.4) is 0 Å². The van der Waals surface area contributed by atoms with Gasteiger partial charge < -0.3 is 20.1 Å². The van der Waals surface area contributed by atoms with Crippen LogP contribution in [-0.4, -0.2) is 29.0 Å². The molecule has 0 aliphatic carbocycles. The third-order valence-electron chi connectivity index (χ3n) is 3.75. The van der Waals surface area contributed by atoms with E-state index in [2.05, 4.69) is 15.7 Å². The summed E-state index contributed by atoms with van der Waals surface area (Å²) in [6, 6.07) is 5.54. The summed E-state index contributed by atoms with van der Waals surface area (Å²) in [5, 5.41) is 10.4. The molecular formula is C15H16N4O3. The first-order valence-electron chi connectivity index (χ1n) is 7.28. The zero-order valence-corrected chi connectivity index (χ0v) is 12.0. The molecule has 2 N–H and O–H groups in total. The summed E-state index contributed by atoms with van der Waals surface area (Å²) in [6.45, 7) is 2.01. The standard InChI is InChI=1S/C15H16N4O3/c20-14(7-10-2-3-12-13(6-10)22-9-21-12)18-11-8-17-19-5-1-4-16-15(11)19/h2-3,6,8,16H,1,4-5,7,9H2,(H,18,20). The van der Waals surface area contributed by atoms with E-state index in [1.54, 1.807) is 6.20 Å². The number of fused-ring (bicyclic) bond motifs is 2. The summed E-state index contributed by atoms with van der Waals surface area (Å²) < 4.78 is 12.5. The van der Waals surface area contributed by atoms with E-state index in [9.17, 15) is 4.79 Å².